The summed E-state index contributed by atoms with van der Waals surface area (Å²) in [6.45, 7) is 6.04. The fourth-order valence-electron chi connectivity index (χ4n) is 2.12. The van der Waals surface area contributed by atoms with Gasteiger partial charge in [0.25, 0.3) is 0 Å². The molecule has 0 fully saturated rings. The lowest BCUT2D eigenvalue weighted by Crippen LogP contribution is -2.10. The van der Waals surface area contributed by atoms with Crippen molar-refractivity contribution in [1.82, 2.24) is 0 Å². The van der Waals surface area contributed by atoms with Crippen LogP contribution in [0, 0.1) is 6.92 Å². The van der Waals surface area contributed by atoms with Crippen LogP contribution in [0.2, 0.25) is 0 Å². The molecule has 2 rings (SSSR count). The molecule has 1 N–H and O–H groups in total. The van der Waals surface area contributed by atoms with Gasteiger partial charge in [0.1, 0.15) is 11.9 Å². The van der Waals surface area contributed by atoms with E-state index in [1.165, 1.54) is 0 Å². The van der Waals surface area contributed by atoms with Crippen LogP contribution < -0.4 is 9.47 Å². The van der Waals surface area contributed by atoms with Gasteiger partial charge in [0, 0.05) is 23.1 Å². The number of hydrogen-bond acceptors (Lipinski definition) is 3. The molecule has 0 aliphatic carbocycles. The molecule has 2 unspecified atom stereocenters. The van der Waals surface area contributed by atoms with E-state index in [9.17, 15) is 5.11 Å². The second-order valence-corrected chi connectivity index (χ2v) is 4.08. The van der Waals surface area contributed by atoms with E-state index in [0.717, 1.165) is 16.9 Å². The minimum Gasteiger partial charge on any atom is -0.504 e. The molecular formula is C12H16O3. The predicted molar refractivity (Wildman–Crippen MR) is 57.9 cm³/mol. The number of hydrogen-bond donors (Lipinski definition) is 1. The number of phenols is 1. The first-order valence-corrected chi connectivity index (χ1v) is 5.13. The summed E-state index contributed by atoms with van der Waals surface area (Å²) >= 11 is 0. The Labute approximate surface area is 89.6 Å². The van der Waals surface area contributed by atoms with Crippen molar-refractivity contribution < 1.29 is 14.6 Å². The average molecular weight is 208 g/mol. The minimum atomic E-state index is 0.158. The summed E-state index contributed by atoms with van der Waals surface area (Å²) in [6, 6.07) is 1.76. The first-order valence-electron chi connectivity index (χ1n) is 5.13. The van der Waals surface area contributed by atoms with E-state index in [2.05, 4.69) is 6.92 Å². The van der Waals surface area contributed by atoms with Crippen LogP contribution in [0.25, 0.3) is 0 Å². The lowest BCUT2D eigenvalue weighted by atomic mass is 9.93. The van der Waals surface area contributed by atoms with Gasteiger partial charge in [-0.05, 0) is 13.8 Å². The van der Waals surface area contributed by atoms with Crippen LogP contribution in [0.5, 0.6) is 17.2 Å². The standard InChI is InChI=1S/C12H16O3/c1-6-8(3)15-9-5-10(14-4)12(13)7(2)11(6)9/h5-6,8,13H,1-4H3. The maximum absolute atomic E-state index is 9.89. The molecule has 0 saturated carbocycles. The lowest BCUT2D eigenvalue weighted by Gasteiger charge is -2.11. The van der Waals surface area contributed by atoms with Crippen LogP contribution >= 0.6 is 0 Å². The summed E-state index contributed by atoms with van der Waals surface area (Å²) < 4.78 is 10.8. The smallest absolute Gasteiger partial charge is 0.164 e. The quantitative estimate of drug-likeness (QED) is 0.771. The Balaban J connectivity index is 2.61. The lowest BCUT2D eigenvalue weighted by molar-refractivity contribution is 0.232. The van der Waals surface area contributed by atoms with Crippen LogP contribution in [0.15, 0.2) is 6.07 Å². The van der Waals surface area contributed by atoms with Crippen LogP contribution in [-0.2, 0) is 0 Å². The fraction of sp³-hybridized carbons (Fsp3) is 0.500. The Morgan fingerprint density at radius 3 is 2.67 bits per heavy atom. The zero-order chi connectivity index (χ0) is 11.2. The number of benzene rings is 1. The summed E-state index contributed by atoms with van der Waals surface area (Å²) in [4.78, 5) is 0. The molecule has 1 aromatic carbocycles. The third kappa shape index (κ3) is 1.34. The van der Waals surface area contributed by atoms with Gasteiger partial charge in [0.2, 0.25) is 0 Å². The summed E-state index contributed by atoms with van der Waals surface area (Å²) in [5, 5.41) is 9.89. The topological polar surface area (TPSA) is 38.7 Å². The Morgan fingerprint density at radius 1 is 1.40 bits per heavy atom. The first kappa shape index (κ1) is 10.1. The van der Waals surface area contributed by atoms with Crippen LogP contribution in [0.3, 0.4) is 0 Å². The molecule has 0 radical (unpaired) electrons. The van der Waals surface area contributed by atoms with Gasteiger partial charge < -0.3 is 14.6 Å². The third-order valence-corrected chi connectivity index (χ3v) is 3.21. The Morgan fingerprint density at radius 2 is 2.07 bits per heavy atom. The molecule has 1 aromatic rings. The molecule has 1 aliphatic rings. The van der Waals surface area contributed by atoms with E-state index in [0.29, 0.717) is 11.7 Å². The molecule has 0 spiro atoms. The number of phenolic OH excluding ortho intramolecular Hbond substituents is 1. The molecule has 0 saturated heterocycles. The molecule has 2 atom stereocenters. The van der Waals surface area contributed by atoms with Crippen molar-refractivity contribution in [2.24, 2.45) is 0 Å². The van der Waals surface area contributed by atoms with Crippen molar-refractivity contribution in [2.45, 2.75) is 32.8 Å². The number of fused-ring (bicyclic) bond motifs is 1. The van der Waals surface area contributed by atoms with Crippen molar-refractivity contribution in [1.29, 1.82) is 0 Å². The van der Waals surface area contributed by atoms with E-state index in [1.54, 1.807) is 13.2 Å². The highest BCUT2D eigenvalue weighted by atomic mass is 16.5. The number of aromatic hydroxyl groups is 1. The summed E-state index contributed by atoms with van der Waals surface area (Å²) in [5.41, 5.74) is 1.96. The van der Waals surface area contributed by atoms with Gasteiger partial charge >= 0.3 is 0 Å². The first-order chi connectivity index (χ1) is 7.06. The van der Waals surface area contributed by atoms with E-state index in [4.69, 9.17) is 9.47 Å². The summed E-state index contributed by atoms with van der Waals surface area (Å²) in [6.07, 6.45) is 0.158. The molecule has 82 valence electrons. The molecule has 0 bridgehead atoms. The van der Waals surface area contributed by atoms with E-state index in [-0.39, 0.29) is 11.9 Å². The zero-order valence-electron chi connectivity index (χ0n) is 9.50. The summed E-state index contributed by atoms with van der Waals surface area (Å²) in [7, 11) is 1.54. The monoisotopic (exact) mass is 208 g/mol. The van der Waals surface area contributed by atoms with Crippen LogP contribution in [-0.4, -0.2) is 18.3 Å². The van der Waals surface area contributed by atoms with Gasteiger partial charge in [-0.15, -0.1) is 0 Å². The van der Waals surface area contributed by atoms with Crippen molar-refractivity contribution in [3.8, 4) is 17.2 Å². The van der Waals surface area contributed by atoms with E-state index >= 15 is 0 Å². The highest BCUT2D eigenvalue weighted by Gasteiger charge is 2.31. The average Bonchev–Trinajstić information content (AvgIpc) is 2.49. The molecule has 3 nitrogen and oxygen atoms in total. The number of ether oxygens (including phenoxy) is 2. The third-order valence-electron chi connectivity index (χ3n) is 3.21. The number of rotatable bonds is 1. The predicted octanol–water partition coefficient (Wildman–Crippen LogP) is 2.59. The Kier molecular flexibility index (Phi) is 2.25. The Bertz CT molecular complexity index is 398. The van der Waals surface area contributed by atoms with Crippen molar-refractivity contribution in [3.63, 3.8) is 0 Å². The second-order valence-electron chi connectivity index (χ2n) is 4.08. The Hall–Kier alpha value is -1.38. The molecule has 1 aliphatic heterocycles. The van der Waals surface area contributed by atoms with E-state index < -0.39 is 0 Å². The molecule has 0 amide bonds. The van der Waals surface area contributed by atoms with Crippen molar-refractivity contribution in [2.75, 3.05) is 7.11 Å². The van der Waals surface area contributed by atoms with Crippen LogP contribution in [0.4, 0.5) is 0 Å². The fourth-order valence-corrected chi connectivity index (χ4v) is 2.12. The molecule has 3 heteroatoms. The SMILES string of the molecule is COc1cc2c(c(C)c1O)C(C)C(C)O2. The highest BCUT2D eigenvalue weighted by Crippen LogP contribution is 2.47. The van der Waals surface area contributed by atoms with Gasteiger partial charge in [0.15, 0.2) is 11.5 Å². The molecule has 0 aromatic heterocycles. The normalized spacial score (nSPS) is 23.5. The highest BCUT2D eigenvalue weighted by molar-refractivity contribution is 5.58. The van der Waals surface area contributed by atoms with Gasteiger partial charge in [-0.1, -0.05) is 6.92 Å². The zero-order valence-corrected chi connectivity index (χ0v) is 9.50. The van der Waals surface area contributed by atoms with Crippen molar-refractivity contribution in [3.05, 3.63) is 17.2 Å². The maximum Gasteiger partial charge on any atom is 0.164 e. The molecular weight excluding hydrogens is 192 g/mol. The van der Waals surface area contributed by atoms with E-state index in [1.807, 2.05) is 13.8 Å². The van der Waals surface area contributed by atoms with Gasteiger partial charge in [-0.25, -0.2) is 0 Å². The summed E-state index contributed by atoms with van der Waals surface area (Å²) in [5.74, 6) is 1.85. The number of methoxy groups -OCH3 is 1. The van der Waals surface area contributed by atoms with Gasteiger partial charge in [0.05, 0.1) is 7.11 Å². The second kappa shape index (κ2) is 3.33. The minimum absolute atomic E-state index is 0.158. The van der Waals surface area contributed by atoms with Crippen molar-refractivity contribution >= 4 is 0 Å². The molecule has 1 heterocycles. The van der Waals surface area contributed by atoms with Gasteiger partial charge in [-0.3, -0.25) is 0 Å². The van der Waals surface area contributed by atoms with Crippen LogP contribution in [0.1, 0.15) is 30.9 Å². The largest absolute Gasteiger partial charge is 0.504 e. The van der Waals surface area contributed by atoms with Gasteiger partial charge in [-0.2, -0.15) is 0 Å². The molecule has 15 heavy (non-hydrogen) atoms. The maximum atomic E-state index is 9.89.